The molecule has 24 heavy (non-hydrogen) atoms. The molecule has 0 bridgehead atoms. The number of carbonyl (C=O) groups excluding carboxylic acids is 1. The molecule has 1 aliphatic carbocycles. The molecule has 4 nitrogen and oxygen atoms in total. The predicted molar refractivity (Wildman–Crippen MR) is 94.2 cm³/mol. The maximum Gasteiger partial charge on any atom is 0.344 e. The van der Waals surface area contributed by atoms with Crippen LogP contribution < -0.4 is 5.32 Å². The van der Waals surface area contributed by atoms with Gasteiger partial charge in [-0.3, -0.25) is 0 Å². The van der Waals surface area contributed by atoms with E-state index < -0.39 is 11.6 Å². The van der Waals surface area contributed by atoms with Gasteiger partial charge in [-0.25, -0.2) is 4.79 Å². The van der Waals surface area contributed by atoms with Crippen LogP contribution in [0.25, 0.3) is 0 Å². The Kier molecular flexibility index (Phi) is 7.30. The molecule has 0 heterocycles. The first kappa shape index (κ1) is 18.5. The van der Waals surface area contributed by atoms with E-state index >= 15 is 0 Å². The molecule has 1 aliphatic rings. The minimum atomic E-state index is -1.58. The van der Waals surface area contributed by atoms with E-state index in [-0.39, 0.29) is 12.5 Å². The van der Waals surface area contributed by atoms with Crippen LogP contribution >= 0.6 is 0 Å². The zero-order valence-electron chi connectivity index (χ0n) is 14.4. The van der Waals surface area contributed by atoms with E-state index in [1.807, 2.05) is 25.1 Å². The standard InChI is InChI=1S/C20H27NO3/c1-2-21-15-9-10-16-24-19(22)20(23,17-11-5-3-6-12-17)18-13-7-4-8-14-18/h3,5-6,11-12,18,21,23H,2,4,7-8,13-16H2,1H3/t20-/m1/s1. The van der Waals surface area contributed by atoms with E-state index in [4.69, 9.17) is 4.74 Å². The van der Waals surface area contributed by atoms with Crippen molar-refractivity contribution in [1.82, 2.24) is 5.32 Å². The lowest BCUT2D eigenvalue weighted by Crippen LogP contribution is -2.45. The van der Waals surface area contributed by atoms with E-state index in [0.29, 0.717) is 12.1 Å². The third-order valence-electron chi connectivity index (χ3n) is 4.58. The van der Waals surface area contributed by atoms with Crippen LogP contribution in [0, 0.1) is 17.8 Å². The van der Waals surface area contributed by atoms with Crippen LogP contribution in [0.4, 0.5) is 0 Å². The van der Waals surface area contributed by atoms with Gasteiger partial charge in [-0.1, -0.05) is 68.4 Å². The summed E-state index contributed by atoms with van der Waals surface area (Å²) in [5.41, 5.74) is -0.965. The van der Waals surface area contributed by atoms with Crippen molar-refractivity contribution in [3.63, 3.8) is 0 Å². The van der Waals surface area contributed by atoms with Gasteiger partial charge in [0.05, 0.1) is 6.54 Å². The third-order valence-corrected chi connectivity index (χ3v) is 4.58. The van der Waals surface area contributed by atoms with Gasteiger partial charge in [0.25, 0.3) is 0 Å². The maximum atomic E-state index is 12.7. The summed E-state index contributed by atoms with van der Waals surface area (Å²) in [6, 6.07) is 9.15. The number of rotatable bonds is 6. The molecule has 0 unspecified atom stereocenters. The first-order valence-electron chi connectivity index (χ1n) is 8.81. The highest BCUT2D eigenvalue weighted by atomic mass is 16.5. The van der Waals surface area contributed by atoms with Gasteiger partial charge in [0.2, 0.25) is 0 Å². The van der Waals surface area contributed by atoms with E-state index in [9.17, 15) is 9.90 Å². The zero-order valence-corrected chi connectivity index (χ0v) is 14.4. The number of nitrogens with one attached hydrogen (secondary N) is 1. The highest BCUT2D eigenvalue weighted by molar-refractivity contribution is 5.81. The van der Waals surface area contributed by atoms with Gasteiger partial charge in [0, 0.05) is 5.92 Å². The largest absolute Gasteiger partial charge is 0.450 e. The van der Waals surface area contributed by atoms with Crippen molar-refractivity contribution in [3.8, 4) is 11.8 Å². The number of ether oxygens (including phenoxy) is 1. The first-order chi connectivity index (χ1) is 11.7. The van der Waals surface area contributed by atoms with E-state index in [0.717, 1.165) is 38.6 Å². The van der Waals surface area contributed by atoms with Crippen molar-refractivity contribution in [2.45, 2.75) is 44.6 Å². The minimum absolute atomic E-state index is 0.00604. The fraction of sp³-hybridized carbons (Fsp3) is 0.550. The van der Waals surface area contributed by atoms with Gasteiger partial charge < -0.3 is 15.2 Å². The van der Waals surface area contributed by atoms with Gasteiger partial charge in [-0.15, -0.1) is 0 Å². The van der Waals surface area contributed by atoms with Crippen LogP contribution in [0.3, 0.4) is 0 Å². The summed E-state index contributed by atoms with van der Waals surface area (Å²) in [5.74, 6) is 5.02. The second-order valence-electron chi connectivity index (χ2n) is 6.18. The summed E-state index contributed by atoms with van der Waals surface area (Å²) < 4.78 is 5.30. The third kappa shape index (κ3) is 4.59. The first-order valence-corrected chi connectivity index (χ1v) is 8.81. The molecule has 2 N–H and O–H groups in total. The molecule has 1 saturated carbocycles. The van der Waals surface area contributed by atoms with Crippen molar-refractivity contribution >= 4 is 5.97 Å². The molecule has 0 saturated heterocycles. The number of benzene rings is 1. The van der Waals surface area contributed by atoms with Gasteiger partial charge in [-0.2, -0.15) is 0 Å². The average Bonchev–Trinajstić information content (AvgIpc) is 2.65. The molecular formula is C20H27NO3. The van der Waals surface area contributed by atoms with Gasteiger partial charge in [-0.05, 0) is 24.9 Å². The Morgan fingerprint density at radius 1 is 1.25 bits per heavy atom. The van der Waals surface area contributed by atoms with Crippen molar-refractivity contribution in [3.05, 3.63) is 35.9 Å². The molecule has 0 spiro atoms. The molecule has 1 fully saturated rings. The monoisotopic (exact) mass is 329 g/mol. The van der Waals surface area contributed by atoms with Crippen LogP contribution in [0.2, 0.25) is 0 Å². The summed E-state index contributed by atoms with van der Waals surface area (Å²) in [6.07, 6.45) is 4.91. The number of hydrogen-bond donors (Lipinski definition) is 2. The van der Waals surface area contributed by atoms with Crippen LogP contribution in [0.15, 0.2) is 30.3 Å². The number of aliphatic hydroxyl groups is 1. The topological polar surface area (TPSA) is 58.6 Å². The molecule has 1 aromatic rings. The smallest absolute Gasteiger partial charge is 0.344 e. The zero-order chi connectivity index (χ0) is 17.3. The number of hydrogen-bond acceptors (Lipinski definition) is 4. The molecule has 130 valence electrons. The number of esters is 1. The molecule has 0 aromatic heterocycles. The lowest BCUT2D eigenvalue weighted by molar-refractivity contribution is -0.174. The van der Waals surface area contributed by atoms with Crippen LogP contribution in [-0.2, 0) is 15.1 Å². The lowest BCUT2D eigenvalue weighted by Gasteiger charge is -2.36. The molecule has 2 rings (SSSR count). The maximum absolute atomic E-state index is 12.7. The Balaban J connectivity index is 2.10. The highest BCUT2D eigenvalue weighted by Gasteiger charge is 2.46. The summed E-state index contributed by atoms with van der Waals surface area (Å²) in [5, 5.41) is 14.4. The average molecular weight is 329 g/mol. The van der Waals surface area contributed by atoms with Crippen LogP contribution in [0.1, 0.15) is 44.6 Å². The van der Waals surface area contributed by atoms with Crippen LogP contribution in [0.5, 0.6) is 0 Å². The molecule has 1 atom stereocenters. The summed E-state index contributed by atoms with van der Waals surface area (Å²) in [4.78, 5) is 12.7. The molecule has 1 aromatic carbocycles. The summed E-state index contributed by atoms with van der Waals surface area (Å²) >= 11 is 0. The normalized spacial score (nSPS) is 17.4. The van der Waals surface area contributed by atoms with Gasteiger partial charge in [0.15, 0.2) is 12.2 Å². The van der Waals surface area contributed by atoms with E-state index in [1.165, 1.54) is 0 Å². The quantitative estimate of drug-likeness (QED) is 0.478. The predicted octanol–water partition coefficient (Wildman–Crippen LogP) is 2.61. The Labute approximate surface area is 144 Å². The molecular weight excluding hydrogens is 302 g/mol. The lowest BCUT2D eigenvalue weighted by atomic mass is 9.73. The van der Waals surface area contributed by atoms with Crippen LogP contribution in [-0.4, -0.2) is 30.8 Å². The van der Waals surface area contributed by atoms with Gasteiger partial charge in [0.1, 0.15) is 0 Å². The van der Waals surface area contributed by atoms with E-state index in [2.05, 4.69) is 17.2 Å². The molecule has 0 aliphatic heterocycles. The number of carbonyl (C=O) groups is 1. The highest BCUT2D eigenvalue weighted by Crippen LogP contribution is 2.40. The van der Waals surface area contributed by atoms with Gasteiger partial charge >= 0.3 is 5.97 Å². The van der Waals surface area contributed by atoms with E-state index in [1.54, 1.807) is 12.1 Å². The fourth-order valence-corrected chi connectivity index (χ4v) is 3.25. The molecule has 0 amide bonds. The summed E-state index contributed by atoms with van der Waals surface area (Å²) in [7, 11) is 0. The minimum Gasteiger partial charge on any atom is -0.450 e. The fourth-order valence-electron chi connectivity index (χ4n) is 3.25. The second kappa shape index (κ2) is 9.46. The Morgan fingerprint density at radius 3 is 2.62 bits per heavy atom. The Hall–Kier alpha value is -1.83. The van der Waals surface area contributed by atoms with Crippen molar-refractivity contribution < 1.29 is 14.6 Å². The van der Waals surface area contributed by atoms with Crippen molar-refractivity contribution in [2.24, 2.45) is 5.92 Å². The van der Waals surface area contributed by atoms with Crippen molar-refractivity contribution in [2.75, 3.05) is 19.7 Å². The summed E-state index contributed by atoms with van der Waals surface area (Å²) in [6.45, 7) is 3.43. The molecule has 0 radical (unpaired) electrons. The van der Waals surface area contributed by atoms with Crippen molar-refractivity contribution in [1.29, 1.82) is 0 Å². The SMILES string of the molecule is CCNCC#CCOC(=O)[C@@](O)(c1ccccc1)C1CCCCC1. The Morgan fingerprint density at radius 2 is 1.96 bits per heavy atom. The second-order valence-corrected chi connectivity index (χ2v) is 6.18. The molecule has 4 heteroatoms. The Bertz CT molecular complexity index is 570.